The molecular weight excluding hydrogens is 292 g/mol. The van der Waals surface area contributed by atoms with Gasteiger partial charge in [0.1, 0.15) is 28.3 Å². The molecule has 5 heteroatoms. The minimum absolute atomic E-state index is 0.149. The highest BCUT2D eigenvalue weighted by Gasteiger charge is 2.23. The first-order valence-corrected chi connectivity index (χ1v) is 7.39. The molecule has 0 atom stereocenters. The van der Waals surface area contributed by atoms with Gasteiger partial charge >= 0.3 is 0 Å². The summed E-state index contributed by atoms with van der Waals surface area (Å²) in [6.45, 7) is 6.45. The van der Waals surface area contributed by atoms with Crippen LogP contribution in [0.25, 0.3) is 0 Å². The Morgan fingerprint density at radius 3 is 2.60 bits per heavy atom. The van der Waals surface area contributed by atoms with Crippen molar-refractivity contribution < 1.29 is 4.74 Å². The second-order valence-corrected chi connectivity index (χ2v) is 6.86. The van der Waals surface area contributed by atoms with Crippen molar-refractivity contribution in [2.45, 2.75) is 32.8 Å². The SMILES string of the molecule is CC(C)(C)c1nc(COc2ccccc2Cl)sc1C#N. The van der Waals surface area contributed by atoms with Crippen LogP contribution in [-0.4, -0.2) is 4.98 Å². The van der Waals surface area contributed by atoms with Crippen LogP contribution >= 0.6 is 22.9 Å². The molecule has 0 aliphatic carbocycles. The van der Waals surface area contributed by atoms with E-state index in [-0.39, 0.29) is 5.41 Å². The topological polar surface area (TPSA) is 45.9 Å². The second kappa shape index (κ2) is 5.82. The van der Waals surface area contributed by atoms with Gasteiger partial charge in [-0.15, -0.1) is 11.3 Å². The van der Waals surface area contributed by atoms with Crippen molar-refractivity contribution in [2.75, 3.05) is 0 Å². The molecule has 0 bridgehead atoms. The van der Waals surface area contributed by atoms with Gasteiger partial charge in [0.25, 0.3) is 0 Å². The van der Waals surface area contributed by atoms with Gasteiger partial charge in [0, 0.05) is 5.41 Å². The summed E-state index contributed by atoms with van der Waals surface area (Å²) in [5, 5.41) is 10.5. The lowest BCUT2D eigenvalue weighted by Gasteiger charge is -2.15. The number of nitriles is 1. The molecule has 104 valence electrons. The van der Waals surface area contributed by atoms with Crippen LogP contribution in [0.4, 0.5) is 0 Å². The number of rotatable bonds is 3. The second-order valence-electron chi connectivity index (χ2n) is 5.37. The predicted octanol–water partition coefficient (Wildman–Crippen LogP) is 4.54. The summed E-state index contributed by atoms with van der Waals surface area (Å²) in [4.78, 5) is 5.17. The van der Waals surface area contributed by atoms with Crippen LogP contribution in [0.2, 0.25) is 5.02 Å². The van der Waals surface area contributed by atoms with Crippen LogP contribution in [0.3, 0.4) is 0 Å². The molecule has 0 fully saturated rings. The van der Waals surface area contributed by atoms with Gasteiger partial charge in [-0.3, -0.25) is 0 Å². The van der Waals surface area contributed by atoms with Crippen LogP contribution in [-0.2, 0) is 12.0 Å². The van der Waals surface area contributed by atoms with Gasteiger partial charge < -0.3 is 4.74 Å². The molecule has 0 saturated carbocycles. The monoisotopic (exact) mass is 306 g/mol. The van der Waals surface area contributed by atoms with E-state index >= 15 is 0 Å². The molecule has 1 aromatic heterocycles. The van der Waals surface area contributed by atoms with Crippen LogP contribution in [0.1, 0.15) is 36.3 Å². The lowest BCUT2D eigenvalue weighted by molar-refractivity contribution is 0.305. The fourth-order valence-corrected chi connectivity index (χ4v) is 2.89. The van der Waals surface area contributed by atoms with E-state index < -0.39 is 0 Å². The quantitative estimate of drug-likeness (QED) is 0.836. The molecule has 0 saturated heterocycles. The number of para-hydroxylation sites is 1. The molecule has 0 amide bonds. The molecule has 0 spiro atoms. The van der Waals surface area contributed by atoms with Gasteiger partial charge in [-0.1, -0.05) is 44.5 Å². The first-order chi connectivity index (χ1) is 9.41. The molecule has 0 aliphatic rings. The fourth-order valence-electron chi connectivity index (χ4n) is 1.71. The Labute approximate surface area is 127 Å². The van der Waals surface area contributed by atoms with E-state index in [9.17, 15) is 5.26 Å². The number of nitrogens with zero attached hydrogens (tertiary/aromatic N) is 2. The van der Waals surface area contributed by atoms with E-state index in [1.54, 1.807) is 6.07 Å². The Bertz CT molecular complexity index is 653. The van der Waals surface area contributed by atoms with E-state index in [1.165, 1.54) is 11.3 Å². The van der Waals surface area contributed by atoms with E-state index in [1.807, 2.05) is 39.0 Å². The Morgan fingerprint density at radius 1 is 1.35 bits per heavy atom. The van der Waals surface area contributed by atoms with Gasteiger partial charge in [-0.2, -0.15) is 5.26 Å². The van der Waals surface area contributed by atoms with Crippen molar-refractivity contribution >= 4 is 22.9 Å². The average Bonchev–Trinajstić information content (AvgIpc) is 2.81. The normalized spacial score (nSPS) is 11.2. The standard InChI is InChI=1S/C15H15ClN2OS/c1-15(2,3)14-12(8-17)20-13(18-14)9-19-11-7-5-4-6-10(11)16/h4-7H,9H2,1-3H3. The summed E-state index contributed by atoms with van der Waals surface area (Å²) in [5.74, 6) is 0.625. The zero-order chi connectivity index (χ0) is 14.8. The van der Waals surface area contributed by atoms with Gasteiger partial charge in [0.15, 0.2) is 0 Å². The highest BCUT2D eigenvalue weighted by molar-refractivity contribution is 7.12. The minimum Gasteiger partial charge on any atom is -0.485 e. The Balaban J connectivity index is 2.18. The summed E-state index contributed by atoms with van der Waals surface area (Å²) in [6.07, 6.45) is 0. The van der Waals surface area contributed by atoms with E-state index in [2.05, 4.69) is 11.1 Å². The van der Waals surface area contributed by atoms with Crippen molar-refractivity contribution in [1.82, 2.24) is 4.98 Å². The maximum absolute atomic E-state index is 9.18. The van der Waals surface area contributed by atoms with Crippen molar-refractivity contribution in [2.24, 2.45) is 0 Å². The smallest absolute Gasteiger partial charge is 0.140 e. The molecule has 0 radical (unpaired) electrons. The van der Waals surface area contributed by atoms with Gasteiger partial charge in [0.2, 0.25) is 0 Å². The minimum atomic E-state index is -0.149. The highest BCUT2D eigenvalue weighted by Crippen LogP contribution is 2.30. The third-order valence-corrected chi connectivity index (χ3v) is 3.92. The Kier molecular flexibility index (Phi) is 4.32. The molecule has 2 rings (SSSR count). The number of thiazole rings is 1. The maximum atomic E-state index is 9.18. The van der Waals surface area contributed by atoms with Crippen molar-refractivity contribution in [1.29, 1.82) is 5.26 Å². The van der Waals surface area contributed by atoms with E-state index in [0.717, 1.165) is 10.7 Å². The average molecular weight is 307 g/mol. The number of halogens is 1. The highest BCUT2D eigenvalue weighted by atomic mass is 35.5. The molecule has 0 N–H and O–H groups in total. The predicted molar refractivity (Wildman–Crippen MR) is 81.3 cm³/mol. The molecular formula is C15H15ClN2OS. The van der Waals surface area contributed by atoms with Gasteiger partial charge in [-0.05, 0) is 12.1 Å². The van der Waals surface area contributed by atoms with Gasteiger partial charge in [-0.25, -0.2) is 4.98 Å². The van der Waals surface area contributed by atoms with Crippen LogP contribution in [0, 0.1) is 11.3 Å². The summed E-state index contributed by atoms with van der Waals surface area (Å²) in [6, 6.07) is 9.51. The number of hydrogen-bond donors (Lipinski definition) is 0. The number of hydrogen-bond acceptors (Lipinski definition) is 4. The summed E-state index contributed by atoms with van der Waals surface area (Å²) < 4.78 is 5.65. The largest absolute Gasteiger partial charge is 0.485 e. The first-order valence-electron chi connectivity index (χ1n) is 6.19. The maximum Gasteiger partial charge on any atom is 0.140 e. The third-order valence-electron chi connectivity index (χ3n) is 2.67. The number of ether oxygens (including phenoxy) is 1. The summed E-state index contributed by atoms with van der Waals surface area (Å²) in [7, 11) is 0. The lowest BCUT2D eigenvalue weighted by atomic mass is 9.91. The molecule has 2 aromatic rings. The molecule has 3 nitrogen and oxygen atoms in total. The molecule has 20 heavy (non-hydrogen) atoms. The van der Waals surface area contributed by atoms with E-state index in [4.69, 9.17) is 16.3 Å². The first kappa shape index (κ1) is 14.8. The number of aromatic nitrogens is 1. The molecule has 0 unspecified atom stereocenters. The van der Waals surface area contributed by atoms with Crippen molar-refractivity contribution in [3.63, 3.8) is 0 Å². The third kappa shape index (κ3) is 3.30. The van der Waals surface area contributed by atoms with E-state index in [0.29, 0.717) is 22.3 Å². The van der Waals surface area contributed by atoms with Crippen molar-refractivity contribution in [3.05, 3.63) is 44.9 Å². The zero-order valence-corrected chi connectivity index (χ0v) is 13.2. The molecule has 1 aromatic carbocycles. The van der Waals surface area contributed by atoms with Crippen LogP contribution in [0.5, 0.6) is 5.75 Å². The molecule has 1 heterocycles. The number of benzene rings is 1. The molecule has 0 aliphatic heterocycles. The fraction of sp³-hybridized carbons (Fsp3) is 0.333. The lowest BCUT2D eigenvalue weighted by Crippen LogP contribution is -2.13. The Morgan fingerprint density at radius 2 is 2.05 bits per heavy atom. The van der Waals surface area contributed by atoms with Crippen LogP contribution in [0.15, 0.2) is 24.3 Å². The van der Waals surface area contributed by atoms with Crippen LogP contribution < -0.4 is 4.74 Å². The zero-order valence-electron chi connectivity index (χ0n) is 11.6. The summed E-state index contributed by atoms with van der Waals surface area (Å²) >= 11 is 7.40. The van der Waals surface area contributed by atoms with Crippen molar-refractivity contribution in [3.8, 4) is 11.8 Å². The Hall–Kier alpha value is -1.57. The van der Waals surface area contributed by atoms with Gasteiger partial charge in [0.05, 0.1) is 10.7 Å². The summed E-state index contributed by atoms with van der Waals surface area (Å²) in [5.41, 5.74) is 0.673.